The van der Waals surface area contributed by atoms with Gasteiger partial charge < -0.3 is 5.11 Å². The van der Waals surface area contributed by atoms with E-state index in [-0.39, 0.29) is 5.88 Å². The van der Waals surface area contributed by atoms with E-state index in [1.807, 2.05) is 78.9 Å². The van der Waals surface area contributed by atoms with Gasteiger partial charge in [-0.3, -0.25) is 4.57 Å². The van der Waals surface area contributed by atoms with E-state index in [9.17, 15) is 5.11 Å². The topological polar surface area (TPSA) is 62.8 Å². The van der Waals surface area contributed by atoms with Crippen molar-refractivity contribution in [3.05, 3.63) is 94.7 Å². The maximum Gasteiger partial charge on any atom is 0.217 e. The Balaban J connectivity index is 1.85. The van der Waals surface area contributed by atoms with Gasteiger partial charge in [0, 0.05) is 6.20 Å². The zero-order valence-corrected chi connectivity index (χ0v) is 15.1. The molecule has 0 bridgehead atoms. The van der Waals surface area contributed by atoms with Crippen LogP contribution in [0.2, 0.25) is 0 Å². The maximum absolute atomic E-state index is 10.8. The van der Waals surface area contributed by atoms with Gasteiger partial charge in [0.25, 0.3) is 0 Å². The predicted molar refractivity (Wildman–Crippen MR) is 108 cm³/mol. The minimum Gasteiger partial charge on any atom is -0.493 e. The van der Waals surface area contributed by atoms with Gasteiger partial charge in [0.1, 0.15) is 4.88 Å². The number of aromatic hydroxyl groups is 1. The molecule has 0 radical (unpaired) electrons. The molecule has 0 aliphatic rings. The molecule has 0 aliphatic heterocycles. The number of nitrogens with zero attached hydrogens (tertiary/aromatic N) is 4. The van der Waals surface area contributed by atoms with E-state index < -0.39 is 0 Å². The second-order valence-electron chi connectivity index (χ2n) is 5.64. The molecule has 0 fully saturated rings. The molecule has 27 heavy (non-hydrogen) atoms. The van der Waals surface area contributed by atoms with Gasteiger partial charge in [-0.15, -0.1) is 0 Å². The summed E-state index contributed by atoms with van der Waals surface area (Å²) in [5.74, 6) is 0.679. The molecule has 4 aromatic rings. The number of benzene rings is 2. The molecule has 5 nitrogen and oxygen atoms in total. The fourth-order valence-corrected chi connectivity index (χ4v) is 3.44. The molecule has 132 valence electrons. The lowest BCUT2D eigenvalue weighted by Gasteiger charge is -2.04. The highest BCUT2D eigenvalue weighted by atomic mass is 32.1. The summed E-state index contributed by atoms with van der Waals surface area (Å²) >= 11 is 1.36. The average Bonchev–Trinajstić information content (AvgIpc) is 3.03. The summed E-state index contributed by atoms with van der Waals surface area (Å²) in [6.45, 7) is 0. The summed E-state index contributed by atoms with van der Waals surface area (Å²) in [7, 11) is 0. The van der Waals surface area contributed by atoms with Crippen LogP contribution in [0.3, 0.4) is 0 Å². The third-order valence-corrected chi connectivity index (χ3v) is 4.75. The Labute approximate surface area is 160 Å². The first-order valence-corrected chi connectivity index (χ1v) is 9.18. The molecule has 0 atom stereocenters. The Bertz CT molecular complexity index is 1120. The van der Waals surface area contributed by atoms with Crippen LogP contribution in [0.4, 0.5) is 11.5 Å². The number of hydrogen-bond acceptors (Lipinski definition) is 5. The van der Waals surface area contributed by atoms with Crippen LogP contribution in [-0.2, 0) is 0 Å². The third-order valence-electron chi connectivity index (χ3n) is 3.78. The summed E-state index contributed by atoms with van der Waals surface area (Å²) in [6.07, 6.45) is 3.30. The Kier molecular flexibility index (Phi) is 4.89. The van der Waals surface area contributed by atoms with Crippen LogP contribution in [0.1, 0.15) is 4.88 Å². The number of aliphatic imine (C=N–C) groups is 1. The third kappa shape index (κ3) is 3.86. The summed E-state index contributed by atoms with van der Waals surface area (Å²) in [4.78, 5) is 14.5. The molecular formula is C21H16N4OS. The molecule has 0 unspecified atom stereocenters. The van der Waals surface area contributed by atoms with Gasteiger partial charge in [-0.25, -0.2) is 15.0 Å². The largest absolute Gasteiger partial charge is 0.493 e. The van der Waals surface area contributed by atoms with Crippen LogP contribution in [0, 0.1) is 0 Å². The van der Waals surface area contributed by atoms with E-state index in [1.165, 1.54) is 11.3 Å². The SMILES string of the molecule is Oc1c(/C=N/c2ccccn2)sc(=Nc2ccccc2)n1-c1ccccc1. The highest BCUT2D eigenvalue weighted by Crippen LogP contribution is 2.24. The summed E-state index contributed by atoms with van der Waals surface area (Å²) in [5.41, 5.74) is 1.65. The predicted octanol–water partition coefficient (Wildman–Crippen LogP) is 4.62. The van der Waals surface area contributed by atoms with Crippen molar-refractivity contribution in [3.63, 3.8) is 0 Å². The lowest BCUT2D eigenvalue weighted by Crippen LogP contribution is -2.11. The zero-order chi connectivity index (χ0) is 18.5. The van der Waals surface area contributed by atoms with Crippen LogP contribution in [-0.4, -0.2) is 20.9 Å². The standard InChI is InChI=1S/C21H16N4OS/c26-20-18(15-23-19-13-7-8-14-22-19)27-21(24-16-9-3-1-4-10-16)25(20)17-11-5-2-6-12-17/h1-15,26H/b23-15+,24-21?. The van der Waals surface area contributed by atoms with Gasteiger partial charge in [0.05, 0.1) is 17.6 Å². The van der Waals surface area contributed by atoms with Crippen molar-refractivity contribution in [2.24, 2.45) is 9.98 Å². The smallest absolute Gasteiger partial charge is 0.217 e. The Hall–Kier alpha value is -3.51. The Morgan fingerprint density at radius 2 is 1.59 bits per heavy atom. The highest BCUT2D eigenvalue weighted by molar-refractivity contribution is 7.11. The Morgan fingerprint density at radius 3 is 2.30 bits per heavy atom. The first-order valence-electron chi connectivity index (χ1n) is 8.36. The number of aromatic nitrogens is 2. The van der Waals surface area contributed by atoms with E-state index in [2.05, 4.69) is 9.98 Å². The van der Waals surface area contributed by atoms with E-state index in [4.69, 9.17) is 4.99 Å². The van der Waals surface area contributed by atoms with Crippen molar-refractivity contribution in [2.45, 2.75) is 0 Å². The second-order valence-corrected chi connectivity index (χ2v) is 6.65. The van der Waals surface area contributed by atoms with Crippen molar-refractivity contribution >= 4 is 29.1 Å². The molecular weight excluding hydrogens is 356 g/mol. The number of thiazole rings is 1. The van der Waals surface area contributed by atoms with Crippen LogP contribution >= 0.6 is 11.3 Å². The number of para-hydroxylation sites is 2. The highest BCUT2D eigenvalue weighted by Gasteiger charge is 2.13. The van der Waals surface area contributed by atoms with E-state index >= 15 is 0 Å². The van der Waals surface area contributed by atoms with Gasteiger partial charge in [-0.2, -0.15) is 0 Å². The fourth-order valence-electron chi connectivity index (χ4n) is 2.52. The summed E-state index contributed by atoms with van der Waals surface area (Å²) < 4.78 is 1.72. The summed E-state index contributed by atoms with van der Waals surface area (Å²) in [5, 5.41) is 10.8. The first kappa shape index (κ1) is 16.9. The second kappa shape index (κ2) is 7.80. The maximum atomic E-state index is 10.8. The van der Waals surface area contributed by atoms with Crippen molar-refractivity contribution in [2.75, 3.05) is 0 Å². The molecule has 0 aliphatic carbocycles. The molecule has 0 saturated carbocycles. The molecule has 4 rings (SSSR count). The first-order chi connectivity index (χ1) is 13.3. The lowest BCUT2D eigenvalue weighted by molar-refractivity contribution is 0.439. The minimum absolute atomic E-state index is 0.0977. The molecule has 0 amide bonds. The van der Waals surface area contributed by atoms with Crippen molar-refractivity contribution in [3.8, 4) is 11.6 Å². The molecule has 6 heteroatoms. The van der Waals surface area contributed by atoms with Gasteiger partial charge in [0.2, 0.25) is 5.88 Å². The molecule has 2 aromatic carbocycles. The van der Waals surface area contributed by atoms with Gasteiger partial charge in [0.15, 0.2) is 10.6 Å². The molecule has 0 saturated heterocycles. The van der Waals surface area contributed by atoms with Crippen LogP contribution in [0.25, 0.3) is 5.69 Å². The lowest BCUT2D eigenvalue weighted by atomic mass is 10.3. The van der Waals surface area contributed by atoms with E-state index in [0.717, 1.165) is 11.4 Å². The molecule has 2 aromatic heterocycles. The number of rotatable bonds is 4. The van der Waals surface area contributed by atoms with Crippen LogP contribution in [0.15, 0.2) is 95.0 Å². The Morgan fingerprint density at radius 1 is 0.889 bits per heavy atom. The van der Waals surface area contributed by atoms with Crippen LogP contribution < -0.4 is 4.80 Å². The van der Waals surface area contributed by atoms with Crippen molar-refractivity contribution in [1.82, 2.24) is 9.55 Å². The average molecular weight is 372 g/mol. The van der Waals surface area contributed by atoms with Gasteiger partial charge >= 0.3 is 0 Å². The quantitative estimate of drug-likeness (QED) is 0.531. The van der Waals surface area contributed by atoms with E-state index in [1.54, 1.807) is 17.0 Å². The number of hydrogen-bond donors (Lipinski definition) is 1. The zero-order valence-electron chi connectivity index (χ0n) is 14.3. The van der Waals surface area contributed by atoms with Crippen molar-refractivity contribution < 1.29 is 5.11 Å². The van der Waals surface area contributed by atoms with Crippen LogP contribution in [0.5, 0.6) is 5.88 Å². The van der Waals surface area contributed by atoms with Gasteiger partial charge in [-0.1, -0.05) is 53.8 Å². The number of pyridine rings is 1. The molecule has 2 heterocycles. The molecule has 1 N–H and O–H groups in total. The monoisotopic (exact) mass is 372 g/mol. The fraction of sp³-hybridized carbons (Fsp3) is 0. The van der Waals surface area contributed by atoms with Gasteiger partial charge in [-0.05, 0) is 36.4 Å². The molecule has 0 spiro atoms. The summed E-state index contributed by atoms with van der Waals surface area (Å²) in [6, 6.07) is 24.8. The van der Waals surface area contributed by atoms with E-state index in [0.29, 0.717) is 15.5 Å². The van der Waals surface area contributed by atoms with Crippen molar-refractivity contribution in [1.29, 1.82) is 0 Å². The normalized spacial score (nSPS) is 11.9. The minimum atomic E-state index is 0.0977.